The Morgan fingerprint density at radius 2 is 1.18 bits per heavy atom. The van der Waals surface area contributed by atoms with Crippen molar-refractivity contribution in [3.05, 3.63) is 202 Å². The summed E-state index contributed by atoms with van der Waals surface area (Å²) in [6.45, 7) is 6.41. The van der Waals surface area contributed by atoms with E-state index >= 15 is 0 Å². The van der Waals surface area contributed by atoms with Gasteiger partial charge in [0.15, 0.2) is 5.69 Å². The molecular weight excluding hydrogens is 697 g/mol. The van der Waals surface area contributed by atoms with Crippen LogP contribution in [-0.4, -0.2) is 31.3 Å². The molecule has 0 aliphatic heterocycles. The van der Waals surface area contributed by atoms with Gasteiger partial charge in [-0.1, -0.05) is 158 Å². The topological polar surface area (TPSA) is 88.2 Å². The van der Waals surface area contributed by atoms with Crippen LogP contribution >= 0.6 is 0 Å². The Morgan fingerprint density at radius 3 is 1.80 bits per heavy atom. The standard InChI is InChI=1S/C48H46N4O4/c1-36(2)51-44-30-22-12-8-9-15-23-38(31-32-42(44)49-46(51)48(54)56-35-40-26-18-14-19-27-40)33-37(3)52-43-29-21-11-7-5-4-6-10-20-28-41(43)45(50-52)47(53)55-34-39-24-16-13-17-25-39/h4-32,36-37H,33-35H2,1-3H3/b5-4-,6-4?,7-5?,9-8-,10-6-,11-7-,12-8?,15-9?,20-10?,21-11?,22-12-,23-15?,28-20?,29-21-,30-22?,32-31?,38-23?,38-31?,41-28?,42-32+,43-29?,44-30+. The van der Waals surface area contributed by atoms with E-state index in [0.29, 0.717) is 17.3 Å². The number of rotatable bonds is 10. The van der Waals surface area contributed by atoms with Gasteiger partial charge in [0, 0.05) is 11.6 Å². The zero-order chi connectivity index (χ0) is 39.1. The van der Waals surface area contributed by atoms with E-state index in [1.807, 2.05) is 193 Å². The van der Waals surface area contributed by atoms with E-state index in [0.717, 1.165) is 27.7 Å². The number of esters is 2. The molecule has 4 aromatic rings. The van der Waals surface area contributed by atoms with E-state index in [2.05, 4.69) is 13.0 Å². The summed E-state index contributed by atoms with van der Waals surface area (Å²) in [5.41, 5.74) is 4.47. The van der Waals surface area contributed by atoms with Gasteiger partial charge in [0.25, 0.3) is 0 Å². The van der Waals surface area contributed by atoms with Crippen molar-refractivity contribution in [3.63, 3.8) is 0 Å². The third-order valence-corrected chi connectivity index (χ3v) is 8.99. The molecule has 2 heterocycles. The van der Waals surface area contributed by atoms with Gasteiger partial charge in [-0.05, 0) is 62.1 Å². The average Bonchev–Trinajstić information content (AvgIpc) is 3.76. The Balaban J connectivity index is 1.37. The summed E-state index contributed by atoms with van der Waals surface area (Å²) in [4.78, 5) is 32.0. The largest absolute Gasteiger partial charge is 0.456 e. The highest BCUT2D eigenvalue weighted by atomic mass is 16.5. The van der Waals surface area contributed by atoms with E-state index in [4.69, 9.17) is 19.6 Å². The van der Waals surface area contributed by atoms with Crippen LogP contribution < -0.4 is 10.7 Å². The Hall–Kier alpha value is -6.80. The molecule has 0 saturated carbocycles. The second-order valence-electron chi connectivity index (χ2n) is 13.5. The monoisotopic (exact) mass is 742 g/mol. The summed E-state index contributed by atoms with van der Waals surface area (Å²) in [5, 5.41) is 6.35. The average molecular weight is 743 g/mol. The van der Waals surface area contributed by atoms with Gasteiger partial charge in [-0.25, -0.2) is 14.6 Å². The summed E-state index contributed by atoms with van der Waals surface area (Å²) in [7, 11) is 0. The molecule has 1 atom stereocenters. The third-order valence-electron chi connectivity index (χ3n) is 8.99. The van der Waals surface area contributed by atoms with E-state index in [1.165, 1.54) is 0 Å². The summed E-state index contributed by atoms with van der Waals surface area (Å²) in [6.07, 6.45) is 37.7. The molecule has 0 radical (unpaired) electrons. The van der Waals surface area contributed by atoms with Gasteiger partial charge < -0.3 is 14.0 Å². The van der Waals surface area contributed by atoms with Crippen LogP contribution in [0.3, 0.4) is 0 Å². The Labute approximate surface area is 328 Å². The van der Waals surface area contributed by atoms with Crippen LogP contribution in [-0.2, 0) is 22.7 Å². The van der Waals surface area contributed by atoms with Gasteiger partial charge in [0.05, 0.1) is 22.4 Å². The molecule has 0 amide bonds. The van der Waals surface area contributed by atoms with Gasteiger partial charge in [-0.15, -0.1) is 0 Å². The Bertz CT molecular complexity index is 2410. The van der Waals surface area contributed by atoms with Crippen LogP contribution in [0.4, 0.5) is 0 Å². The fourth-order valence-corrected chi connectivity index (χ4v) is 6.28. The number of aromatic nitrogens is 4. The van der Waals surface area contributed by atoms with Crippen molar-refractivity contribution in [1.82, 2.24) is 19.3 Å². The molecular formula is C48H46N4O4. The SMILES string of the molecule is CC(CC1=C/C=c2/nc(C(=O)OCc3ccccc3)n(C(C)C)/c2=C/C=C\C=C/C=C1)n1nc(C(=O)OCc2ccccc2)c2c1\C=C/C=C\C=C/C=C\C=C2. The molecule has 2 aromatic heterocycles. The van der Waals surface area contributed by atoms with E-state index < -0.39 is 11.9 Å². The van der Waals surface area contributed by atoms with Crippen molar-refractivity contribution in [2.75, 3.05) is 0 Å². The minimum Gasteiger partial charge on any atom is -0.456 e. The minimum atomic E-state index is -0.500. The molecule has 2 aromatic carbocycles. The molecule has 56 heavy (non-hydrogen) atoms. The lowest BCUT2D eigenvalue weighted by atomic mass is 10.0. The predicted octanol–water partition coefficient (Wildman–Crippen LogP) is 8.90. The van der Waals surface area contributed by atoms with Crippen molar-refractivity contribution in [2.24, 2.45) is 0 Å². The summed E-state index contributed by atoms with van der Waals surface area (Å²) in [5.74, 6) is -0.748. The first kappa shape index (κ1) is 38.9. The lowest BCUT2D eigenvalue weighted by Gasteiger charge is -2.15. The second kappa shape index (κ2) is 19.5. The van der Waals surface area contributed by atoms with E-state index in [9.17, 15) is 9.59 Å². The van der Waals surface area contributed by atoms with Crippen molar-refractivity contribution in [1.29, 1.82) is 0 Å². The fourth-order valence-electron chi connectivity index (χ4n) is 6.28. The normalized spacial score (nSPS) is 18.9. The predicted molar refractivity (Wildman–Crippen MR) is 224 cm³/mol. The number of carbonyl (C=O) groups excluding carboxylic acids is 2. The molecule has 6 rings (SSSR count). The number of hydrogen-bond donors (Lipinski definition) is 0. The highest BCUT2D eigenvalue weighted by Crippen LogP contribution is 2.27. The lowest BCUT2D eigenvalue weighted by molar-refractivity contribution is 0.0446. The van der Waals surface area contributed by atoms with Crippen LogP contribution in [0.25, 0.3) is 24.3 Å². The number of imidazole rings is 1. The number of ether oxygens (including phenoxy) is 2. The minimum absolute atomic E-state index is 0.0612. The zero-order valence-corrected chi connectivity index (χ0v) is 31.9. The lowest BCUT2D eigenvalue weighted by Crippen LogP contribution is -2.31. The molecule has 1 unspecified atom stereocenters. The molecule has 8 heteroatoms. The Morgan fingerprint density at radius 1 is 0.625 bits per heavy atom. The van der Waals surface area contributed by atoms with Crippen molar-refractivity contribution < 1.29 is 19.1 Å². The third kappa shape index (κ3) is 10.2. The summed E-state index contributed by atoms with van der Waals surface area (Å²) < 4.78 is 15.3. The van der Waals surface area contributed by atoms with Gasteiger partial charge in [-0.2, -0.15) is 5.10 Å². The maximum absolute atomic E-state index is 13.7. The van der Waals surface area contributed by atoms with Crippen molar-refractivity contribution >= 4 is 36.2 Å². The first-order valence-electron chi connectivity index (χ1n) is 18.8. The van der Waals surface area contributed by atoms with Gasteiger partial charge >= 0.3 is 11.9 Å². The van der Waals surface area contributed by atoms with Gasteiger partial charge in [0.1, 0.15) is 13.2 Å². The highest BCUT2D eigenvalue weighted by Gasteiger charge is 2.24. The molecule has 2 aliphatic carbocycles. The smallest absolute Gasteiger partial charge is 0.374 e. The van der Waals surface area contributed by atoms with Crippen LogP contribution in [0.15, 0.2) is 157 Å². The van der Waals surface area contributed by atoms with Crippen molar-refractivity contribution in [3.8, 4) is 0 Å². The maximum atomic E-state index is 13.7. The molecule has 0 bridgehead atoms. The molecule has 0 N–H and O–H groups in total. The Kier molecular flexibility index (Phi) is 13.6. The van der Waals surface area contributed by atoms with E-state index in [-0.39, 0.29) is 36.8 Å². The van der Waals surface area contributed by atoms with Crippen LogP contribution in [0.1, 0.15) is 82.8 Å². The highest BCUT2D eigenvalue weighted by molar-refractivity contribution is 5.93. The number of nitrogens with zero attached hydrogens (tertiary/aromatic N) is 4. The van der Waals surface area contributed by atoms with E-state index in [1.54, 1.807) is 0 Å². The second-order valence-corrected chi connectivity index (χ2v) is 13.5. The van der Waals surface area contributed by atoms with Gasteiger partial charge in [0.2, 0.25) is 5.82 Å². The molecule has 282 valence electrons. The maximum Gasteiger partial charge on any atom is 0.374 e. The number of hydrogen-bond acceptors (Lipinski definition) is 6. The quantitative estimate of drug-likeness (QED) is 0.151. The molecule has 0 fully saturated rings. The fraction of sp³-hybridized carbons (Fsp3) is 0.167. The number of carbonyl (C=O) groups is 2. The molecule has 8 nitrogen and oxygen atoms in total. The number of allylic oxidation sites excluding steroid dienone is 16. The molecule has 0 spiro atoms. The van der Waals surface area contributed by atoms with Crippen LogP contribution in [0, 0.1) is 0 Å². The van der Waals surface area contributed by atoms with Gasteiger partial charge in [-0.3, -0.25) is 4.68 Å². The van der Waals surface area contributed by atoms with Crippen molar-refractivity contribution in [2.45, 2.75) is 52.5 Å². The number of benzene rings is 2. The number of fused-ring (bicyclic) bond motifs is 2. The first-order chi connectivity index (χ1) is 27.4. The summed E-state index contributed by atoms with van der Waals surface area (Å²) >= 11 is 0. The first-order valence-corrected chi connectivity index (χ1v) is 18.8. The molecule has 0 saturated heterocycles. The summed E-state index contributed by atoms with van der Waals surface area (Å²) in [6, 6.07) is 19.0. The van der Waals surface area contributed by atoms with Crippen LogP contribution in [0.2, 0.25) is 0 Å². The zero-order valence-electron chi connectivity index (χ0n) is 31.9. The molecule has 2 aliphatic rings. The van der Waals surface area contributed by atoms with Crippen LogP contribution in [0.5, 0.6) is 0 Å².